The van der Waals surface area contributed by atoms with Crippen molar-refractivity contribution in [2.24, 2.45) is 5.10 Å². The number of hydrogen-bond acceptors (Lipinski definition) is 2. The third kappa shape index (κ3) is 3.70. The van der Waals surface area contributed by atoms with Gasteiger partial charge in [0.05, 0.1) is 6.21 Å². The molecule has 0 unspecified atom stereocenters. The molecule has 0 fully saturated rings. The SMILES string of the molecule is Cc1cccc2c(/C=N/NC(=S)Nc3ccc(Cl)cc3)c[nH]c12. The Kier molecular flexibility index (Phi) is 4.60. The number of anilines is 1. The molecule has 0 saturated carbocycles. The Hall–Kier alpha value is -2.37. The van der Waals surface area contributed by atoms with Gasteiger partial charge in [-0.3, -0.25) is 5.43 Å². The van der Waals surface area contributed by atoms with Crippen molar-refractivity contribution in [2.45, 2.75) is 6.92 Å². The molecule has 0 amide bonds. The van der Waals surface area contributed by atoms with Crippen LogP contribution in [0.4, 0.5) is 5.69 Å². The topological polar surface area (TPSA) is 52.2 Å². The Morgan fingerprint density at radius 2 is 2.00 bits per heavy atom. The first-order valence-corrected chi connectivity index (χ1v) is 7.84. The molecule has 0 radical (unpaired) electrons. The van der Waals surface area contributed by atoms with Gasteiger partial charge >= 0.3 is 0 Å². The van der Waals surface area contributed by atoms with Crippen LogP contribution in [0.15, 0.2) is 53.8 Å². The summed E-state index contributed by atoms with van der Waals surface area (Å²) in [4.78, 5) is 3.26. The minimum Gasteiger partial charge on any atom is -0.360 e. The molecule has 23 heavy (non-hydrogen) atoms. The van der Waals surface area contributed by atoms with Crippen LogP contribution in [0.2, 0.25) is 5.02 Å². The first kappa shape index (κ1) is 15.5. The van der Waals surface area contributed by atoms with Crippen molar-refractivity contribution in [3.63, 3.8) is 0 Å². The molecule has 0 aliphatic rings. The number of benzene rings is 2. The molecule has 4 nitrogen and oxygen atoms in total. The summed E-state index contributed by atoms with van der Waals surface area (Å²) in [6.45, 7) is 2.07. The van der Waals surface area contributed by atoms with Crippen LogP contribution in [-0.2, 0) is 0 Å². The second-order valence-electron chi connectivity index (χ2n) is 5.07. The first-order chi connectivity index (χ1) is 11.1. The van der Waals surface area contributed by atoms with Crippen LogP contribution in [0.25, 0.3) is 10.9 Å². The summed E-state index contributed by atoms with van der Waals surface area (Å²) < 4.78 is 0. The van der Waals surface area contributed by atoms with Gasteiger partial charge in [-0.1, -0.05) is 29.8 Å². The van der Waals surface area contributed by atoms with Crippen molar-refractivity contribution in [1.82, 2.24) is 10.4 Å². The van der Waals surface area contributed by atoms with Crippen LogP contribution >= 0.6 is 23.8 Å². The molecule has 0 spiro atoms. The highest BCUT2D eigenvalue weighted by Gasteiger charge is 2.03. The average molecular weight is 343 g/mol. The van der Waals surface area contributed by atoms with E-state index in [0.717, 1.165) is 22.2 Å². The van der Waals surface area contributed by atoms with E-state index in [0.29, 0.717) is 10.1 Å². The van der Waals surface area contributed by atoms with Gasteiger partial charge in [-0.2, -0.15) is 5.10 Å². The molecule has 1 heterocycles. The predicted octanol–water partition coefficient (Wildman–Crippen LogP) is 4.45. The second kappa shape index (κ2) is 6.81. The van der Waals surface area contributed by atoms with Crippen LogP contribution in [0.1, 0.15) is 11.1 Å². The quantitative estimate of drug-likeness (QED) is 0.374. The van der Waals surface area contributed by atoms with Crippen LogP contribution < -0.4 is 10.7 Å². The van der Waals surface area contributed by atoms with Crippen molar-refractivity contribution >= 4 is 51.7 Å². The zero-order valence-electron chi connectivity index (χ0n) is 12.4. The number of nitrogens with zero attached hydrogens (tertiary/aromatic N) is 1. The Bertz CT molecular complexity index is 868. The molecular formula is C17H15ClN4S. The number of thiocarbonyl (C=S) groups is 1. The molecule has 0 bridgehead atoms. The largest absolute Gasteiger partial charge is 0.360 e. The maximum Gasteiger partial charge on any atom is 0.191 e. The van der Waals surface area contributed by atoms with Crippen molar-refractivity contribution in [2.75, 3.05) is 5.32 Å². The Labute approximate surface area is 144 Å². The molecule has 6 heteroatoms. The molecule has 0 aliphatic heterocycles. The summed E-state index contributed by atoms with van der Waals surface area (Å²) in [5, 5.41) is 9.45. The number of aryl methyl sites for hydroxylation is 1. The normalized spacial score (nSPS) is 11.0. The average Bonchev–Trinajstić information content (AvgIpc) is 2.94. The summed E-state index contributed by atoms with van der Waals surface area (Å²) in [6.07, 6.45) is 3.67. The lowest BCUT2D eigenvalue weighted by molar-refractivity contribution is 1.05. The maximum atomic E-state index is 5.84. The van der Waals surface area contributed by atoms with Crippen LogP contribution in [0, 0.1) is 6.92 Å². The second-order valence-corrected chi connectivity index (χ2v) is 5.92. The van der Waals surface area contributed by atoms with Crippen molar-refractivity contribution in [3.8, 4) is 0 Å². The zero-order valence-corrected chi connectivity index (χ0v) is 14.0. The highest BCUT2D eigenvalue weighted by Crippen LogP contribution is 2.19. The van der Waals surface area contributed by atoms with Crippen molar-refractivity contribution in [1.29, 1.82) is 0 Å². The van der Waals surface area contributed by atoms with Crippen molar-refractivity contribution < 1.29 is 0 Å². The van der Waals surface area contributed by atoms with Crippen LogP contribution in [0.3, 0.4) is 0 Å². The molecule has 116 valence electrons. The smallest absolute Gasteiger partial charge is 0.191 e. The Morgan fingerprint density at radius 3 is 2.78 bits per heavy atom. The van der Waals surface area contributed by atoms with E-state index in [1.165, 1.54) is 5.56 Å². The summed E-state index contributed by atoms with van der Waals surface area (Å²) in [6, 6.07) is 13.5. The van der Waals surface area contributed by atoms with Gasteiger partial charge in [-0.25, -0.2) is 0 Å². The molecule has 0 atom stereocenters. The first-order valence-electron chi connectivity index (χ1n) is 7.06. The van der Waals surface area contributed by atoms with E-state index < -0.39 is 0 Å². The Balaban J connectivity index is 1.65. The van der Waals surface area contributed by atoms with Crippen LogP contribution in [0.5, 0.6) is 0 Å². The van der Waals surface area contributed by atoms with Gasteiger partial charge < -0.3 is 10.3 Å². The number of hydrazone groups is 1. The minimum atomic E-state index is 0.416. The van der Waals surface area contributed by atoms with Gasteiger partial charge in [0.1, 0.15) is 0 Å². The van der Waals surface area contributed by atoms with Crippen molar-refractivity contribution in [3.05, 3.63) is 64.8 Å². The molecule has 0 saturated heterocycles. The number of nitrogens with one attached hydrogen (secondary N) is 3. The van der Waals surface area contributed by atoms with Gasteiger partial charge in [0.25, 0.3) is 0 Å². The van der Waals surface area contributed by atoms with E-state index in [9.17, 15) is 0 Å². The third-order valence-electron chi connectivity index (χ3n) is 3.43. The van der Waals surface area contributed by atoms with Crippen LogP contribution in [-0.4, -0.2) is 16.3 Å². The Morgan fingerprint density at radius 1 is 1.22 bits per heavy atom. The summed E-state index contributed by atoms with van der Waals surface area (Å²) in [5.41, 5.74) is 6.99. The molecule has 1 aromatic heterocycles. The lowest BCUT2D eigenvalue weighted by Crippen LogP contribution is -2.23. The molecular weight excluding hydrogens is 328 g/mol. The van der Waals surface area contributed by atoms with Gasteiger partial charge in [0.15, 0.2) is 5.11 Å². The predicted molar refractivity (Wildman–Crippen MR) is 101 cm³/mol. The van der Waals surface area contributed by atoms with E-state index in [1.54, 1.807) is 18.3 Å². The number of H-pyrrole nitrogens is 1. The number of hydrogen-bond donors (Lipinski definition) is 3. The molecule has 3 N–H and O–H groups in total. The zero-order chi connectivity index (χ0) is 16.2. The summed E-state index contributed by atoms with van der Waals surface area (Å²) in [7, 11) is 0. The number of rotatable bonds is 3. The lowest BCUT2D eigenvalue weighted by Gasteiger charge is -2.06. The third-order valence-corrected chi connectivity index (χ3v) is 3.87. The fourth-order valence-corrected chi connectivity index (χ4v) is 2.58. The molecule has 0 aliphatic carbocycles. The summed E-state index contributed by atoms with van der Waals surface area (Å²) in [5.74, 6) is 0. The minimum absolute atomic E-state index is 0.416. The number of aromatic nitrogens is 1. The molecule has 3 aromatic rings. The molecule has 2 aromatic carbocycles. The number of aromatic amines is 1. The fraction of sp³-hybridized carbons (Fsp3) is 0.0588. The van der Waals surface area contributed by atoms with E-state index in [4.69, 9.17) is 23.8 Å². The highest BCUT2D eigenvalue weighted by molar-refractivity contribution is 7.80. The van der Waals surface area contributed by atoms with Gasteiger partial charge in [0.2, 0.25) is 0 Å². The fourth-order valence-electron chi connectivity index (χ4n) is 2.29. The number of halogens is 1. The number of fused-ring (bicyclic) bond motifs is 1. The van der Waals surface area contributed by atoms with E-state index in [2.05, 4.69) is 39.9 Å². The van der Waals surface area contributed by atoms with E-state index in [-0.39, 0.29) is 0 Å². The van der Waals surface area contributed by atoms with Gasteiger partial charge in [-0.15, -0.1) is 0 Å². The summed E-state index contributed by atoms with van der Waals surface area (Å²) >= 11 is 11.0. The van der Waals surface area contributed by atoms with E-state index >= 15 is 0 Å². The molecule has 3 rings (SSSR count). The monoisotopic (exact) mass is 342 g/mol. The standard InChI is InChI=1S/C17H15ClN4S/c1-11-3-2-4-15-12(9-19-16(11)15)10-20-22-17(23)21-14-7-5-13(18)6-8-14/h2-10,19H,1H3,(H2,21,22,23)/b20-10+. The van der Waals surface area contributed by atoms with E-state index in [1.807, 2.05) is 24.4 Å². The number of para-hydroxylation sites is 1. The highest BCUT2D eigenvalue weighted by atomic mass is 35.5. The maximum absolute atomic E-state index is 5.84. The van der Waals surface area contributed by atoms with Gasteiger partial charge in [-0.05, 0) is 49.0 Å². The van der Waals surface area contributed by atoms with Gasteiger partial charge in [0, 0.05) is 33.4 Å². The lowest BCUT2D eigenvalue weighted by atomic mass is 10.1.